The predicted molar refractivity (Wildman–Crippen MR) is 117 cm³/mol. The molecule has 0 aliphatic heterocycles. The first-order valence-corrected chi connectivity index (χ1v) is 10.1. The molecule has 1 rings (SSSR count). The van der Waals surface area contributed by atoms with Crippen molar-refractivity contribution in [3.8, 4) is 0 Å². The molecule has 0 heterocycles. The quantitative estimate of drug-likeness (QED) is 0.474. The van der Waals surface area contributed by atoms with E-state index in [1.54, 1.807) is 26.8 Å². The standard InChI is InChI=1S/C22H35N3O5/c1-21(2,3)15-11-10-14(19(27)28)13-17(15)24-18(26)16(9-7-8-12-23)25-20(29)30-22(4,5)6/h10-11,13,16H,7-9,12,23H2,1-6H3,(H,24,26)(H,25,29)(H,27,28). The number of anilines is 1. The van der Waals surface area contributed by atoms with Crippen molar-refractivity contribution in [3.05, 3.63) is 29.3 Å². The summed E-state index contributed by atoms with van der Waals surface area (Å²) >= 11 is 0. The van der Waals surface area contributed by atoms with Crippen LogP contribution in [-0.4, -0.2) is 41.3 Å². The maximum absolute atomic E-state index is 13.0. The molecule has 0 aromatic heterocycles. The first kappa shape index (κ1) is 25.4. The summed E-state index contributed by atoms with van der Waals surface area (Å²) in [6.07, 6.45) is 1.05. The van der Waals surface area contributed by atoms with E-state index in [1.807, 2.05) is 20.8 Å². The fourth-order valence-electron chi connectivity index (χ4n) is 2.87. The third-order valence-electron chi connectivity index (χ3n) is 4.29. The number of carbonyl (C=O) groups excluding carboxylic acids is 2. The number of carbonyl (C=O) groups is 3. The van der Waals surface area contributed by atoms with Gasteiger partial charge in [0.05, 0.1) is 5.56 Å². The number of nitrogens with one attached hydrogen (secondary N) is 2. The zero-order valence-corrected chi connectivity index (χ0v) is 18.8. The van der Waals surface area contributed by atoms with Gasteiger partial charge in [-0.3, -0.25) is 4.79 Å². The van der Waals surface area contributed by atoms with Crippen molar-refractivity contribution in [1.82, 2.24) is 5.32 Å². The molecule has 5 N–H and O–H groups in total. The number of alkyl carbamates (subject to hydrolysis) is 1. The van der Waals surface area contributed by atoms with Gasteiger partial charge in [-0.05, 0) is 69.7 Å². The second-order valence-corrected chi connectivity index (χ2v) is 9.29. The van der Waals surface area contributed by atoms with Crippen molar-refractivity contribution in [2.45, 2.75) is 77.9 Å². The maximum Gasteiger partial charge on any atom is 0.408 e. The Labute approximate surface area is 178 Å². The Morgan fingerprint density at radius 2 is 1.73 bits per heavy atom. The van der Waals surface area contributed by atoms with Gasteiger partial charge in [0, 0.05) is 5.69 Å². The molecule has 0 aliphatic carbocycles. The number of carboxylic acids is 1. The molecule has 0 saturated carbocycles. The third kappa shape index (κ3) is 8.41. The van der Waals surface area contributed by atoms with Crippen molar-refractivity contribution in [2.75, 3.05) is 11.9 Å². The highest BCUT2D eigenvalue weighted by Gasteiger charge is 2.26. The van der Waals surface area contributed by atoms with Crippen LogP contribution in [0.15, 0.2) is 18.2 Å². The molecule has 168 valence electrons. The second kappa shape index (κ2) is 10.4. The number of hydrogen-bond donors (Lipinski definition) is 4. The van der Waals surface area contributed by atoms with Crippen molar-refractivity contribution in [2.24, 2.45) is 5.73 Å². The summed E-state index contributed by atoms with van der Waals surface area (Å²) in [5, 5.41) is 14.7. The first-order valence-electron chi connectivity index (χ1n) is 10.1. The summed E-state index contributed by atoms with van der Waals surface area (Å²) in [4.78, 5) is 36.6. The number of benzene rings is 1. The van der Waals surface area contributed by atoms with E-state index >= 15 is 0 Å². The molecule has 0 bridgehead atoms. The number of amides is 2. The summed E-state index contributed by atoms with van der Waals surface area (Å²) < 4.78 is 5.27. The van der Waals surface area contributed by atoms with Crippen LogP contribution in [0, 0.1) is 0 Å². The molecule has 0 aliphatic rings. The van der Waals surface area contributed by atoms with Crippen LogP contribution >= 0.6 is 0 Å². The SMILES string of the molecule is CC(C)(C)OC(=O)NC(CCCCN)C(=O)Nc1cc(C(=O)O)ccc1C(C)(C)C. The molecule has 2 amide bonds. The van der Waals surface area contributed by atoms with Crippen LogP contribution in [-0.2, 0) is 14.9 Å². The van der Waals surface area contributed by atoms with Gasteiger partial charge in [0.25, 0.3) is 0 Å². The van der Waals surface area contributed by atoms with Gasteiger partial charge in [-0.15, -0.1) is 0 Å². The third-order valence-corrected chi connectivity index (χ3v) is 4.29. The summed E-state index contributed by atoms with van der Waals surface area (Å²) in [5.41, 5.74) is 5.78. The Hall–Kier alpha value is -2.61. The average Bonchev–Trinajstić information content (AvgIpc) is 2.58. The lowest BCUT2D eigenvalue weighted by Crippen LogP contribution is -2.46. The van der Waals surface area contributed by atoms with Crippen LogP contribution in [0.2, 0.25) is 0 Å². The van der Waals surface area contributed by atoms with Gasteiger partial charge in [0.15, 0.2) is 0 Å². The van der Waals surface area contributed by atoms with Crippen LogP contribution in [0.4, 0.5) is 10.5 Å². The summed E-state index contributed by atoms with van der Waals surface area (Å²) in [5.74, 6) is -1.52. The smallest absolute Gasteiger partial charge is 0.408 e. The van der Waals surface area contributed by atoms with Gasteiger partial charge in [0.1, 0.15) is 11.6 Å². The highest BCUT2D eigenvalue weighted by molar-refractivity contribution is 5.98. The number of rotatable bonds is 8. The molecule has 0 saturated heterocycles. The van der Waals surface area contributed by atoms with Crippen LogP contribution in [0.3, 0.4) is 0 Å². The first-order chi connectivity index (χ1) is 13.7. The van der Waals surface area contributed by atoms with Crippen molar-refractivity contribution in [1.29, 1.82) is 0 Å². The zero-order valence-electron chi connectivity index (χ0n) is 18.8. The molecule has 0 fully saturated rings. The minimum absolute atomic E-state index is 0.0677. The topological polar surface area (TPSA) is 131 Å². The van der Waals surface area contributed by atoms with E-state index in [2.05, 4.69) is 10.6 Å². The zero-order chi connectivity index (χ0) is 23.1. The van der Waals surface area contributed by atoms with Gasteiger partial charge in [-0.2, -0.15) is 0 Å². The minimum Gasteiger partial charge on any atom is -0.478 e. The Kier molecular flexibility index (Phi) is 8.84. The van der Waals surface area contributed by atoms with Gasteiger partial charge in [0.2, 0.25) is 5.91 Å². The van der Waals surface area contributed by atoms with E-state index in [9.17, 15) is 19.5 Å². The largest absolute Gasteiger partial charge is 0.478 e. The Balaban J connectivity index is 3.13. The molecule has 0 spiro atoms. The molecular formula is C22H35N3O5. The summed E-state index contributed by atoms with van der Waals surface area (Å²) in [7, 11) is 0. The number of nitrogens with two attached hydrogens (primary N) is 1. The number of carboxylic acid groups (broad SMARTS) is 1. The van der Waals surface area contributed by atoms with E-state index < -0.39 is 29.6 Å². The van der Waals surface area contributed by atoms with E-state index in [0.29, 0.717) is 31.5 Å². The van der Waals surface area contributed by atoms with Gasteiger partial charge in [-0.1, -0.05) is 26.8 Å². The van der Waals surface area contributed by atoms with E-state index in [-0.39, 0.29) is 11.0 Å². The molecular weight excluding hydrogens is 386 g/mol. The number of hydrogen-bond acceptors (Lipinski definition) is 5. The Morgan fingerprint density at radius 3 is 2.23 bits per heavy atom. The minimum atomic E-state index is -1.09. The van der Waals surface area contributed by atoms with E-state index in [0.717, 1.165) is 5.56 Å². The van der Waals surface area contributed by atoms with Crippen LogP contribution < -0.4 is 16.4 Å². The number of ether oxygens (including phenoxy) is 1. The molecule has 1 aromatic carbocycles. The monoisotopic (exact) mass is 421 g/mol. The molecule has 8 nitrogen and oxygen atoms in total. The predicted octanol–water partition coefficient (Wildman–Crippen LogP) is 3.64. The molecule has 1 aromatic rings. The normalized spacial score (nSPS) is 12.8. The van der Waals surface area contributed by atoms with Crippen LogP contribution in [0.25, 0.3) is 0 Å². The number of aromatic carboxylic acids is 1. The highest BCUT2D eigenvalue weighted by atomic mass is 16.6. The van der Waals surface area contributed by atoms with E-state index in [4.69, 9.17) is 10.5 Å². The van der Waals surface area contributed by atoms with Crippen molar-refractivity contribution in [3.63, 3.8) is 0 Å². The molecule has 1 unspecified atom stereocenters. The average molecular weight is 422 g/mol. The number of unbranched alkanes of at least 4 members (excludes halogenated alkanes) is 1. The lowest BCUT2D eigenvalue weighted by atomic mass is 9.85. The van der Waals surface area contributed by atoms with Gasteiger partial charge < -0.3 is 26.2 Å². The second-order valence-electron chi connectivity index (χ2n) is 9.29. The lowest BCUT2D eigenvalue weighted by Gasteiger charge is -2.26. The van der Waals surface area contributed by atoms with Gasteiger partial charge >= 0.3 is 12.1 Å². The summed E-state index contributed by atoms with van der Waals surface area (Å²) in [6, 6.07) is 3.80. The lowest BCUT2D eigenvalue weighted by molar-refractivity contribution is -0.118. The molecule has 1 atom stereocenters. The fraction of sp³-hybridized carbons (Fsp3) is 0.591. The Morgan fingerprint density at radius 1 is 1.10 bits per heavy atom. The molecule has 8 heteroatoms. The maximum atomic E-state index is 13.0. The van der Waals surface area contributed by atoms with E-state index in [1.165, 1.54) is 12.1 Å². The highest BCUT2D eigenvalue weighted by Crippen LogP contribution is 2.30. The fourth-order valence-corrected chi connectivity index (χ4v) is 2.87. The molecule has 30 heavy (non-hydrogen) atoms. The van der Waals surface area contributed by atoms with Crippen LogP contribution in [0.5, 0.6) is 0 Å². The van der Waals surface area contributed by atoms with Gasteiger partial charge in [-0.25, -0.2) is 9.59 Å². The Bertz CT molecular complexity index is 763. The summed E-state index contributed by atoms with van der Waals surface area (Å²) in [6.45, 7) is 11.6. The van der Waals surface area contributed by atoms with Crippen LogP contribution in [0.1, 0.15) is 76.7 Å². The van der Waals surface area contributed by atoms with Crippen molar-refractivity contribution < 1.29 is 24.2 Å². The van der Waals surface area contributed by atoms with Crippen molar-refractivity contribution >= 4 is 23.7 Å². The molecule has 0 radical (unpaired) electrons.